The van der Waals surface area contributed by atoms with E-state index in [4.69, 9.17) is 16.7 Å². The van der Waals surface area contributed by atoms with Crippen molar-refractivity contribution >= 4 is 23.3 Å². The normalized spacial score (nSPS) is 12.2. The van der Waals surface area contributed by atoms with E-state index in [0.29, 0.717) is 5.02 Å². The van der Waals surface area contributed by atoms with Gasteiger partial charge in [-0.25, -0.2) is 0 Å². The number of halogens is 1. The number of anilines is 1. The molecule has 5 heteroatoms. The number of hydrogen-bond acceptors (Lipinski definition) is 3. The minimum Gasteiger partial charge on any atom is -0.480 e. The van der Waals surface area contributed by atoms with Gasteiger partial charge in [-0.3, -0.25) is 4.79 Å². The molecule has 1 rings (SSSR count). The SMILES string of the molecule is CC(O)CN(CC(=O)O)c1ccc(Cl)cc1. The third-order valence-electron chi connectivity index (χ3n) is 2.00. The molecule has 1 aromatic rings. The third kappa shape index (κ3) is 4.08. The zero-order valence-electron chi connectivity index (χ0n) is 8.93. The van der Waals surface area contributed by atoms with Crippen LogP contribution in [-0.2, 0) is 4.79 Å². The van der Waals surface area contributed by atoms with Crippen LogP contribution in [0.15, 0.2) is 24.3 Å². The molecule has 0 heterocycles. The summed E-state index contributed by atoms with van der Waals surface area (Å²) in [6, 6.07) is 6.84. The summed E-state index contributed by atoms with van der Waals surface area (Å²) >= 11 is 5.74. The summed E-state index contributed by atoms with van der Waals surface area (Å²) < 4.78 is 0. The number of nitrogens with zero attached hydrogens (tertiary/aromatic N) is 1. The molecule has 0 aliphatic heterocycles. The molecule has 1 aromatic carbocycles. The largest absolute Gasteiger partial charge is 0.480 e. The van der Waals surface area contributed by atoms with Crippen LogP contribution in [0.2, 0.25) is 5.02 Å². The molecule has 0 radical (unpaired) electrons. The molecule has 0 bridgehead atoms. The van der Waals surface area contributed by atoms with Crippen molar-refractivity contribution in [2.24, 2.45) is 0 Å². The van der Waals surface area contributed by atoms with E-state index in [1.807, 2.05) is 0 Å². The Hall–Kier alpha value is -1.26. The fourth-order valence-corrected chi connectivity index (χ4v) is 1.52. The van der Waals surface area contributed by atoms with E-state index < -0.39 is 12.1 Å². The number of carbonyl (C=O) groups is 1. The van der Waals surface area contributed by atoms with Crippen molar-refractivity contribution in [3.05, 3.63) is 29.3 Å². The summed E-state index contributed by atoms with van der Waals surface area (Å²) in [4.78, 5) is 12.3. The maximum Gasteiger partial charge on any atom is 0.323 e. The standard InChI is InChI=1S/C11H14ClNO3/c1-8(14)6-13(7-11(15)16)10-4-2-9(12)3-5-10/h2-5,8,14H,6-7H2,1H3,(H,15,16). The molecule has 88 valence electrons. The highest BCUT2D eigenvalue weighted by molar-refractivity contribution is 6.30. The van der Waals surface area contributed by atoms with Crippen molar-refractivity contribution in [3.63, 3.8) is 0 Å². The Morgan fingerprint density at radius 1 is 1.44 bits per heavy atom. The zero-order valence-corrected chi connectivity index (χ0v) is 9.68. The molecule has 1 atom stereocenters. The Bertz CT molecular complexity index is 351. The van der Waals surface area contributed by atoms with Gasteiger partial charge in [0.1, 0.15) is 6.54 Å². The van der Waals surface area contributed by atoms with Gasteiger partial charge in [-0.2, -0.15) is 0 Å². The molecule has 0 amide bonds. The average molecular weight is 244 g/mol. The van der Waals surface area contributed by atoms with Gasteiger partial charge in [0, 0.05) is 17.3 Å². The second-order valence-electron chi connectivity index (χ2n) is 3.60. The smallest absolute Gasteiger partial charge is 0.323 e. The van der Waals surface area contributed by atoms with E-state index in [9.17, 15) is 9.90 Å². The van der Waals surface area contributed by atoms with E-state index in [1.54, 1.807) is 36.1 Å². The average Bonchev–Trinajstić information content (AvgIpc) is 2.16. The van der Waals surface area contributed by atoms with Gasteiger partial charge in [0.2, 0.25) is 0 Å². The molecule has 0 spiro atoms. The summed E-state index contributed by atoms with van der Waals surface area (Å²) in [6.07, 6.45) is -0.588. The number of benzene rings is 1. The molecule has 1 unspecified atom stereocenters. The van der Waals surface area contributed by atoms with Crippen LogP contribution in [-0.4, -0.2) is 35.4 Å². The highest BCUT2D eigenvalue weighted by Gasteiger charge is 2.12. The van der Waals surface area contributed by atoms with Crippen molar-refractivity contribution < 1.29 is 15.0 Å². The minimum absolute atomic E-state index is 0.146. The van der Waals surface area contributed by atoms with Gasteiger partial charge < -0.3 is 15.1 Å². The number of aliphatic carboxylic acids is 1. The number of hydrogen-bond donors (Lipinski definition) is 2. The Kier molecular flexibility index (Phi) is 4.58. The highest BCUT2D eigenvalue weighted by atomic mass is 35.5. The number of carboxylic acids is 1. The van der Waals surface area contributed by atoms with Crippen LogP contribution in [0.3, 0.4) is 0 Å². The topological polar surface area (TPSA) is 60.8 Å². The van der Waals surface area contributed by atoms with Crippen molar-refractivity contribution in [1.82, 2.24) is 0 Å². The van der Waals surface area contributed by atoms with Gasteiger partial charge in [-0.15, -0.1) is 0 Å². The minimum atomic E-state index is -0.935. The van der Waals surface area contributed by atoms with Crippen LogP contribution in [0.25, 0.3) is 0 Å². The Morgan fingerprint density at radius 2 is 2.00 bits per heavy atom. The lowest BCUT2D eigenvalue weighted by Gasteiger charge is -2.24. The second kappa shape index (κ2) is 5.72. The number of aliphatic hydroxyl groups excluding tert-OH is 1. The van der Waals surface area contributed by atoms with Crippen molar-refractivity contribution in [1.29, 1.82) is 0 Å². The lowest BCUT2D eigenvalue weighted by molar-refractivity contribution is -0.135. The lowest BCUT2D eigenvalue weighted by Crippen LogP contribution is -2.35. The van der Waals surface area contributed by atoms with Crippen molar-refractivity contribution in [2.45, 2.75) is 13.0 Å². The van der Waals surface area contributed by atoms with E-state index in [2.05, 4.69) is 0 Å². The fraction of sp³-hybridized carbons (Fsp3) is 0.364. The van der Waals surface area contributed by atoms with Crippen LogP contribution in [0, 0.1) is 0 Å². The van der Waals surface area contributed by atoms with Gasteiger partial charge in [-0.05, 0) is 31.2 Å². The molecule has 4 nitrogen and oxygen atoms in total. The first-order valence-electron chi connectivity index (χ1n) is 4.89. The molecule has 0 saturated carbocycles. The second-order valence-corrected chi connectivity index (χ2v) is 4.04. The summed E-state index contributed by atoms with van der Waals surface area (Å²) in [5.41, 5.74) is 0.729. The first-order valence-corrected chi connectivity index (χ1v) is 5.27. The molecular formula is C11H14ClNO3. The van der Waals surface area contributed by atoms with Gasteiger partial charge in [0.25, 0.3) is 0 Å². The van der Waals surface area contributed by atoms with Crippen LogP contribution < -0.4 is 4.90 Å². The zero-order chi connectivity index (χ0) is 12.1. The Balaban J connectivity index is 2.82. The summed E-state index contributed by atoms with van der Waals surface area (Å²) in [5, 5.41) is 18.6. The fourth-order valence-electron chi connectivity index (χ4n) is 1.40. The van der Waals surface area contributed by atoms with Crippen LogP contribution in [0.1, 0.15) is 6.92 Å². The van der Waals surface area contributed by atoms with Gasteiger partial charge in [0.05, 0.1) is 6.10 Å². The Labute approximate surface area is 99.1 Å². The molecule has 2 N–H and O–H groups in total. The molecule has 0 aliphatic rings. The maximum absolute atomic E-state index is 10.7. The molecular weight excluding hydrogens is 230 g/mol. The van der Waals surface area contributed by atoms with Crippen molar-refractivity contribution in [3.8, 4) is 0 Å². The van der Waals surface area contributed by atoms with Crippen molar-refractivity contribution in [2.75, 3.05) is 18.0 Å². The summed E-state index contributed by atoms with van der Waals surface area (Å²) in [5.74, 6) is -0.935. The van der Waals surface area contributed by atoms with Crippen LogP contribution >= 0.6 is 11.6 Å². The molecule has 0 aliphatic carbocycles. The molecule has 0 aromatic heterocycles. The lowest BCUT2D eigenvalue weighted by atomic mass is 10.2. The number of rotatable bonds is 5. The van der Waals surface area contributed by atoms with E-state index in [1.165, 1.54) is 0 Å². The van der Waals surface area contributed by atoms with Gasteiger partial charge in [-0.1, -0.05) is 11.6 Å². The number of carboxylic acid groups (broad SMARTS) is 1. The summed E-state index contributed by atoms with van der Waals surface area (Å²) in [7, 11) is 0. The Morgan fingerprint density at radius 3 is 2.44 bits per heavy atom. The van der Waals surface area contributed by atoms with E-state index in [0.717, 1.165) is 5.69 Å². The monoisotopic (exact) mass is 243 g/mol. The highest BCUT2D eigenvalue weighted by Crippen LogP contribution is 2.18. The van der Waals surface area contributed by atoms with Crippen LogP contribution in [0.4, 0.5) is 5.69 Å². The van der Waals surface area contributed by atoms with Gasteiger partial charge >= 0.3 is 5.97 Å². The van der Waals surface area contributed by atoms with Crippen LogP contribution in [0.5, 0.6) is 0 Å². The molecule has 0 fully saturated rings. The van der Waals surface area contributed by atoms with E-state index in [-0.39, 0.29) is 13.1 Å². The first-order chi connectivity index (χ1) is 7.49. The molecule has 0 saturated heterocycles. The summed E-state index contributed by atoms with van der Waals surface area (Å²) in [6.45, 7) is 1.74. The third-order valence-corrected chi connectivity index (χ3v) is 2.25. The van der Waals surface area contributed by atoms with Gasteiger partial charge in [0.15, 0.2) is 0 Å². The van der Waals surface area contributed by atoms with E-state index >= 15 is 0 Å². The first kappa shape index (κ1) is 12.8. The predicted molar refractivity (Wildman–Crippen MR) is 63.0 cm³/mol. The maximum atomic E-state index is 10.7. The number of aliphatic hydroxyl groups is 1. The molecule has 16 heavy (non-hydrogen) atoms. The predicted octanol–water partition coefficient (Wildman–Crippen LogP) is 1.61. The quantitative estimate of drug-likeness (QED) is 0.825.